The largest absolute Gasteiger partial charge is 0.346 e. The van der Waals surface area contributed by atoms with E-state index in [0.717, 1.165) is 30.9 Å². The molecule has 0 aromatic carbocycles. The first-order valence-corrected chi connectivity index (χ1v) is 8.84. The molecule has 0 spiro atoms. The lowest BCUT2D eigenvalue weighted by atomic mass is 9.97. The molecule has 1 saturated heterocycles. The number of anilines is 1. The number of rotatable bonds is 4. The Balaban J connectivity index is 1.44. The number of piperidine rings is 1. The molecule has 8 heteroatoms. The molecule has 0 bridgehead atoms. The zero-order chi connectivity index (χ0) is 17.9. The molecule has 8 nitrogen and oxygen atoms in total. The number of fused-ring (bicyclic) bond motifs is 1. The molecule has 4 rings (SSSR count). The number of hydrogen-bond acceptors (Lipinski definition) is 6. The van der Waals surface area contributed by atoms with Gasteiger partial charge in [0.2, 0.25) is 11.9 Å². The van der Waals surface area contributed by atoms with Crippen molar-refractivity contribution in [3.05, 3.63) is 48.7 Å². The van der Waals surface area contributed by atoms with Crippen LogP contribution in [0.2, 0.25) is 0 Å². The van der Waals surface area contributed by atoms with Gasteiger partial charge in [-0.1, -0.05) is 6.07 Å². The van der Waals surface area contributed by atoms with E-state index in [4.69, 9.17) is 0 Å². The minimum absolute atomic E-state index is 0.0332. The van der Waals surface area contributed by atoms with Gasteiger partial charge in [-0.15, -0.1) is 10.2 Å². The van der Waals surface area contributed by atoms with E-state index in [-0.39, 0.29) is 17.9 Å². The summed E-state index contributed by atoms with van der Waals surface area (Å²) in [5.74, 6) is 1.36. The van der Waals surface area contributed by atoms with E-state index in [0.29, 0.717) is 12.5 Å². The normalized spacial score (nSPS) is 18.7. The van der Waals surface area contributed by atoms with E-state index in [2.05, 4.69) is 30.4 Å². The number of hydrogen-bond donors (Lipinski definition) is 1. The third-order valence-electron chi connectivity index (χ3n) is 4.71. The van der Waals surface area contributed by atoms with Crippen molar-refractivity contribution in [3.8, 4) is 0 Å². The molecule has 1 fully saturated rings. The van der Waals surface area contributed by atoms with Gasteiger partial charge >= 0.3 is 0 Å². The van der Waals surface area contributed by atoms with Gasteiger partial charge in [0.25, 0.3) is 0 Å². The maximum absolute atomic E-state index is 12.8. The Hall–Kier alpha value is -3.03. The van der Waals surface area contributed by atoms with Gasteiger partial charge in [-0.25, -0.2) is 9.97 Å². The maximum atomic E-state index is 12.8. The monoisotopic (exact) mass is 351 g/mol. The van der Waals surface area contributed by atoms with Gasteiger partial charge in [-0.3, -0.25) is 9.20 Å². The summed E-state index contributed by atoms with van der Waals surface area (Å²) < 4.78 is 1.90. The second-order valence-corrected chi connectivity index (χ2v) is 6.55. The lowest BCUT2D eigenvalue weighted by Gasteiger charge is -2.32. The van der Waals surface area contributed by atoms with Crippen LogP contribution < -0.4 is 10.2 Å². The van der Waals surface area contributed by atoms with Crippen molar-refractivity contribution >= 4 is 17.5 Å². The average Bonchev–Trinajstić information content (AvgIpc) is 3.13. The fourth-order valence-electron chi connectivity index (χ4n) is 3.38. The van der Waals surface area contributed by atoms with Gasteiger partial charge in [0.15, 0.2) is 11.5 Å². The van der Waals surface area contributed by atoms with Gasteiger partial charge in [-0.05, 0) is 38.0 Å². The molecule has 1 N–H and O–H groups in total. The number of pyridine rings is 1. The Morgan fingerprint density at radius 3 is 2.92 bits per heavy atom. The molecule has 2 atom stereocenters. The average molecular weight is 351 g/mol. The highest BCUT2D eigenvalue weighted by Gasteiger charge is 2.28. The van der Waals surface area contributed by atoms with Crippen LogP contribution in [0, 0.1) is 5.92 Å². The predicted octanol–water partition coefficient (Wildman–Crippen LogP) is 1.61. The summed E-state index contributed by atoms with van der Waals surface area (Å²) in [5, 5.41) is 11.5. The highest BCUT2D eigenvalue weighted by atomic mass is 16.2. The van der Waals surface area contributed by atoms with Crippen molar-refractivity contribution in [2.24, 2.45) is 5.92 Å². The number of nitrogens with one attached hydrogen (secondary N) is 1. The van der Waals surface area contributed by atoms with E-state index in [9.17, 15) is 4.79 Å². The Morgan fingerprint density at radius 2 is 2.08 bits per heavy atom. The van der Waals surface area contributed by atoms with Gasteiger partial charge in [-0.2, -0.15) is 0 Å². The summed E-state index contributed by atoms with van der Waals surface area (Å²) in [7, 11) is 0. The second-order valence-electron chi connectivity index (χ2n) is 6.55. The zero-order valence-corrected chi connectivity index (χ0v) is 14.6. The fraction of sp³-hybridized carbons (Fsp3) is 0.389. The van der Waals surface area contributed by atoms with Crippen LogP contribution in [0.1, 0.15) is 31.6 Å². The number of carbonyl (C=O) groups is 1. The van der Waals surface area contributed by atoms with Crippen LogP contribution in [0.3, 0.4) is 0 Å². The Bertz CT molecular complexity index is 895. The SMILES string of the molecule is C[C@@H](NC(=O)[C@H]1CCCN(c2ncccn2)C1)c1nnc2ccccn12. The highest BCUT2D eigenvalue weighted by Crippen LogP contribution is 2.21. The standard InChI is InChI=1S/C18H21N7O/c1-13(16-23-22-15-7-2-3-11-25(15)16)21-17(26)14-6-4-10-24(12-14)18-19-8-5-9-20-18/h2-3,5,7-9,11,13-14H,4,6,10,12H2,1H3,(H,21,26)/t13-,14+/m1/s1. The number of carbonyl (C=O) groups excluding carboxylic acids is 1. The molecule has 134 valence electrons. The van der Waals surface area contributed by atoms with Crippen molar-refractivity contribution in [2.75, 3.05) is 18.0 Å². The fourth-order valence-corrected chi connectivity index (χ4v) is 3.38. The number of amides is 1. The van der Waals surface area contributed by atoms with E-state index >= 15 is 0 Å². The van der Waals surface area contributed by atoms with Gasteiger partial charge in [0.05, 0.1) is 12.0 Å². The first-order chi connectivity index (χ1) is 12.7. The maximum Gasteiger partial charge on any atom is 0.225 e. The number of nitrogens with zero attached hydrogens (tertiary/aromatic N) is 6. The molecule has 0 saturated carbocycles. The molecule has 0 radical (unpaired) electrons. The smallest absolute Gasteiger partial charge is 0.225 e. The Labute approximate surface area is 151 Å². The van der Waals surface area contributed by atoms with Crippen molar-refractivity contribution in [1.29, 1.82) is 0 Å². The summed E-state index contributed by atoms with van der Waals surface area (Å²) >= 11 is 0. The quantitative estimate of drug-likeness (QED) is 0.768. The van der Waals surface area contributed by atoms with Crippen LogP contribution in [0.5, 0.6) is 0 Å². The van der Waals surface area contributed by atoms with Crippen LogP contribution in [0.4, 0.5) is 5.95 Å². The van der Waals surface area contributed by atoms with Crippen LogP contribution in [-0.4, -0.2) is 43.6 Å². The Kier molecular flexibility index (Phi) is 4.47. The second kappa shape index (κ2) is 7.07. The van der Waals surface area contributed by atoms with Crippen molar-refractivity contribution in [1.82, 2.24) is 29.9 Å². The Morgan fingerprint density at radius 1 is 1.23 bits per heavy atom. The van der Waals surface area contributed by atoms with Crippen LogP contribution in [0.15, 0.2) is 42.9 Å². The van der Waals surface area contributed by atoms with Crippen LogP contribution in [-0.2, 0) is 4.79 Å². The molecule has 1 aliphatic heterocycles. The predicted molar refractivity (Wildman–Crippen MR) is 96.5 cm³/mol. The molecule has 0 aliphatic carbocycles. The lowest BCUT2D eigenvalue weighted by Crippen LogP contribution is -2.44. The van der Waals surface area contributed by atoms with Gasteiger partial charge in [0, 0.05) is 31.7 Å². The van der Waals surface area contributed by atoms with Crippen molar-refractivity contribution in [2.45, 2.75) is 25.8 Å². The summed E-state index contributed by atoms with van der Waals surface area (Å²) in [6, 6.07) is 7.31. The first-order valence-electron chi connectivity index (χ1n) is 8.84. The first kappa shape index (κ1) is 16.4. The van der Waals surface area contributed by atoms with Crippen LogP contribution in [0.25, 0.3) is 5.65 Å². The zero-order valence-electron chi connectivity index (χ0n) is 14.6. The summed E-state index contributed by atoms with van der Waals surface area (Å²) in [6.07, 6.45) is 7.17. The minimum atomic E-state index is -0.219. The van der Waals surface area contributed by atoms with E-state index < -0.39 is 0 Å². The molecule has 3 aromatic rings. The van der Waals surface area contributed by atoms with Crippen LogP contribution >= 0.6 is 0 Å². The third-order valence-corrected chi connectivity index (χ3v) is 4.71. The molecule has 4 heterocycles. The van der Waals surface area contributed by atoms with Gasteiger partial charge in [0.1, 0.15) is 0 Å². The molecule has 3 aromatic heterocycles. The summed E-state index contributed by atoms with van der Waals surface area (Å²) in [5.41, 5.74) is 0.772. The third kappa shape index (κ3) is 3.22. The topological polar surface area (TPSA) is 88.3 Å². The van der Waals surface area contributed by atoms with E-state index in [1.54, 1.807) is 18.5 Å². The molecular weight excluding hydrogens is 330 g/mol. The minimum Gasteiger partial charge on any atom is -0.346 e. The van der Waals surface area contributed by atoms with Crippen molar-refractivity contribution < 1.29 is 4.79 Å². The van der Waals surface area contributed by atoms with Crippen molar-refractivity contribution in [3.63, 3.8) is 0 Å². The number of aromatic nitrogens is 5. The highest BCUT2D eigenvalue weighted by molar-refractivity contribution is 5.79. The summed E-state index contributed by atoms with van der Waals surface area (Å²) in [4.78, 5) is 23.4. The molecule has 26 heavy (non-hydrogen) atoms. The molecule has 0 unspecified atom stereocenters. The molecule has 1 aliphatic rings. The van der Waals surface area contributed by atoms with E-state index in [1.165, 1.54) is 0 Å². The van der Waals surface area contributed by atoms with E-state index in [1.807, 2.05) is 35.7 Å². The lowest BCUT2D eigenvalue weighted by molar-refractivity contribution is -0.126. The molecule has 1 amide bonds. The van der Waals surface area contributed by atoms with Gasteiger partial charge < -0.3 is 10.2 Å². The summed E-state index contributed by atoms with van der Waals surface area (Å²) in [6.45, 7) is 3.43. The molecular formula is C18H21N7O.